The van der Waals surface area contributed by atoms with Gasteiger partial charge < -0.3 is 16.0 Å². The van der Waals surface area contributed by atoms with Crippen LogP contribution >= 0.6 is 15.9 Å². The average molecular weight is 328 g/mol. The van der Waals surface area contributed by atoms with Crippen molar-refractivity contribution in [3.05, 3.63) is 34.3 Å². The molecule has 0 saturated heterocycles. The van der Waals surface area contributed by atoms with Crippen LogP contribution in [0.2, 0.25) is 0 Å². The second kappa shape index (κ2) is 7.78. The summed E-state index contributed by atoms with van der Waals surface area (Å²) < 4.78 is 0.961. The van der Waals surface area contributed by atoms with Gasteiger partial charge in [-0.1, -0.05) is 28.1 Å². The number of halogens is 1. The highest BCUT2D eigenvalue weighted by Gasteiger charge is 2.13. The molecule has 1 atom stereocenters. The molecule has 0 aliphatic carbocycles. The highest BCUT2D eigenvalue weighted by molar-refractivity contribution is 9.10. The standard InChI is InChI=1S/C13H18BrN3O2/c1-3-15-12(18)9(2)17-13(19)16-8-10-5-4-6-11(14)7-10/h4-7,9H,3,8H2,1-2H3,(H,15,18)(H2,16,17,19)/t9-/m1/s1. The molecule has 0 bridgehead atoms. The maximum Gasteiger partial charge on any atom is 0.315 e. The molecule has 19 heavy (non-hydrogen) atoms. The Balaban J connectivity index is 2.37. The predicted octanol–water partition coefficient (Wildman–Crippen LogP) is 1.77. The highest BCUT2D eigenvalue weighted by Crippen LogP contribution is 2.11. The van der Waals surface area contributed by atoms with E-state index in [9.17, 15) is 9.59 Å². The first-order valence-electron chi connectivity index (χ1n) is 6.09. The van der Waals surface area contributed by atoms with E-state index in [4.69, 9.17) is 0 Å². The molecule has 0 fully saturated rings. The molecule has 3 N–H and O–H groups in total. The molecule has 3 amide bonds. The zero-order chi connectivity index (χ0) is 14.3. The smallest absolute Gasteiger partial charge is 0.315 e. The molecule has 0 aromatic heterocycles. The summed E-state index contributed by atoms with van der Waals surface area (Å²) in [4.78, 5) is 23.0. The molecule has 1 rings (SSSR count). The number of rotatable bonds is 5. The highest BCUT2D eigenvalue weighted by atomic mass is 79.9. The van der Waals surface area contributed by atoms with Gasteiger partial charge in [0.1, 0.15) is 6.04 Å². The van der Waals surface area contributed by atoms with Gasteiger partial charge in [0, 0.05) is 17.6 Å². The van der Waals surface area contributed by atoms with Crippen molar-refractivity contribution in [3.63, 3.8) is 0 Å². The first kappa shape index (κ1) is 15.5. The Morgan fingerprint density at radius 2 is 2.05 bits per heavy atom. The lowest BCUT2D eigenvalue weighted by Gasteiger charge is -2.14. The van der Waals surface area contributed by atoms with Crippen molar-refractivity contribution in [2.75, 3.05) is 6.54 Å². The van der Waals surface area contributed by atoms with Crippen molar-refractivity contribution in [2.24, 2.45) is 0 Å². The first-order chi connectivity index (χ1) is 9.02. The maximum atomic E-state index is 11.6. The van der Waals surface area contributed by atoms with Gasteiger partial charge in [-0.15, -0.1) is 0 Å². The molecule has 0 aliphatic heterocycles. The maximum absolute atomic E-state index is 11.6. The van der Waals surface area contributed by atoms with Crippen LogP contribution in [0, 0.1) is 0 Å². The summed E-state index contributed by atoms with van der Waals surface area (Å²) in [6.45, 7) is 4.43. The number of hydrogen-bond acceptors (Lipinski definition) is 2. The number of carbonyl (C=O) groups excluding carboxylic acids is 2. The Bertz CT molecular complexity index is 451. The van der Waals surface area contributed by atoms with E-state index in [1.165, 1.54) is 0 Å². The first-order valence-corrected chi connectivity index (χ1v) is 6.88. The number of hydrogen-bond donors (Lipinski definition) is 3. The van der Waals surface area contributed by atoms with Gasteiger partial charge in [0.2, 0.25) is 5.91 Å². The van der Waals surface area contributed by atoms with Crippen LogP contribution < -0.4 is 16.0 Å². The van der Waals surface area contributed by atoms with Gasteiger partial charge in [-0.05, 0) is 31.5 Å². The van der Waals surface area contributed by atoms with E-state index in [1.807, 2.05) is 31.2 Å². The SMILES string of the molecule is CCNC(=O)[C@@H](C)NC(=O)NCc1cccc(Br)c1. The lowest BCUT2D eigenvalue weighted by Crippen LogP contribution is -2.48. The van der Waals surface area contributed by atoms with Gasteiger partial charge in [-0.2, -0.15) is 0 Å². The molecule has 0 aliphatic rings. The van der Waals surface area contributed by atoms with E-state index in [0.717, 1.165) is 10.0 Å². The van der Waals surface area contributed by atoms with Crippen molar-refractivity contribution in [1.82, 2.24) is 16.0 Å². The summed E-state index contributed by atoms with van der Waals surface area (Å²) in [5.74, 6) is -0.194. The summed E-state index contributed by atoms with van der Waals surface area (Å²) in [6.07, 6.45) is 0. The van der Waals surface area contributed by atoms with E-state index < -0.39 is 6.04 Å². The van der Waals surface area contributed by atoms with E-state index in [1.54, 1.807) is 6.92 Å². The fourth-order valence-electron chi connectivity index (χ4n) is 1.47. The van der Waals surface area contributed by atoms with Gasteiger partial charge in [-0.25, -0.2) is 4.79 Å². The van der Waals surface area contributed by atoms with Crippen LogP contribution in [0.5, 0.6) is 0 Å². The summed E-state index contributed by atoms with van der Waals surface area (Å²) in [7, 11) is 0. The average Bonchev–Trinajstić information content (AvgIpc) is 2.36. The van der Waals surface area contributed by atoms with Crippen LogP contribution in [0.15, 0.2) is 28.7 Å². The van der Waals surface area contributed by atoms with Gasteiger partial charge >= 0.3 is 6.03 Å². The Hall–Kier alpha value is -1.56. The quantitative estimate of drug-likeness (QED) is 0.771. The number of likely N-dealkylation sites (N-methyl/N-ethyl adjacent to an activating group) is 1. The minimum Gasteiger partial charge on any atom is -0.355 e. The van der Waals surface area contributed by atoms with Crippen LogP contribution in [-0.2, 0) is 11.3 Å². The molecule has 0 heterocycles. The molecular weight excluding hydrogens is 310 g/mol. The minimum atomic E-state index is -0.553. The van der Waals surface area contributed by atoms with Gasteiger partial charge in [0.05, 0.1) is 0 Å². The largest absolute Gasteiger partial charge is 0.355 e. The lowest BCUT2D eigenvalue weighted by atomic mass is 10.2. The van der Waals surface area contributed by atoms with Gasteiger partial charge in [-0.3, -0.25) is 4.79 Å². The fourth-order valence-corrected chi connectivity index (χ4v) is 1.92. The molecule has 0 radical (unpaired) electrons. The van der Waals surface area contributed by atoms with Crippen LogP contribution in [0.3, 0.4) is 0 Å². The van der Waals surface area contributed by atoms with E-state index in [2.05, 4.69) is 31.9 Å². The third-order valence-corrected chi connectivity index (χ3v) is 2.93. The van der Waals surface area contributed by atoms with E-state index in [-0.39, 0.29) is 11.9 Å². The second-order valence-electron chi connectivity index (χ2n) is 4.07. The lowest BCUT2D eigenvalue weighted by molar-refractivity contribution is -0.122. The number of amides is 3. The number of benzene rings is 1. The van der Waals surface area contributed by atoms with Crippen LogP contribution in [0.25, 0.3) is 0 Å². The van der Waals surface area contributed by atoms with Crippen molar-refractivity contribution >= 4 is 27.9 Å². The van der Waals surface area contributed by atoms with Crippen molar-refractivity contribution < 1.29 is 9.59 Å². The van der Waals surface area contributed by atoms with Gasteiger partial charge in [0.25, 0.3) is 0 Å². The molecule has 0 unspecified atom stereocenters. The van der Waals surface area contributed by atoms with Crippen LogP contribution in [0.4, 0.5) is 4.79 Å². The monoisotopic (exact) mass is 327 g/mol. The molecular formula is C13H18BrN3O2. The Morgan fingerprint density at radius 1 is 1.32 bits per heavy atom. The molecule has 0 spiro atoms. The molecule has 1 aromatic carbocycles. The zero-order valence-electron chi connectivity index (χ0n) is 11.0. The zero-order valence-corrected chi connectivity index (χ0v) is 12.6. The van der Waals surface area contributed by atoms with Crippen LogP contribution in [0.1, 0.15) is 19.4 Å². The molecule has 0 saturated carbocycles. The van der Waals surface area contributed by atoms with E-state index >= 15 is 0 Å². The van der Waals surface area contributed by atoms with Crippen LogP contribution in [-0.4, -0.2) is 24.5 Å². The molecule has 6 heteroatoms. The third-order valence-electron chi connectivity index (χ3n) is 2.43. The Morgan fingerprint density at radius 3 is 2.68 bits per heavy atom. The summed E-state index contributed by atoms with van der Waals surface area (Å²) >= 11 is 3.36. The summed E-state index contributed by atoms with van der Waals surface area (Å²) in [5.41, 5.74) is 0.982. The topological polar surface area (TPSA) is 70.2 Å². The minimum absolute atomic E-state index is 0.194. The second-order valence-corrected chi connectivity index (χ2v) is 4.99. The number of urea groups is 1. The van der Waals surface area contributed by atoms with Crippen molar-refractivity contribution in [3.8, 4) is 0 Å². The number of carbonyl (C=O) groups is 2. The Labute approximate surface area is 121 Å². The van der Waals surface area contributed by atoms with Gasteiger partial charge in [0.15, 0.2) is 0 Å². The third kappa shape index (κ3) is 5.74. The molecule has 1 aromatic rings. The fraction of sp³-hybridized carbons (Fsp3) is 0.385. The summed E-state index contributed by atoms with van der Waals surface area (Å²) in [5, 5.41) is 7.92. The normalized spacial score (nSPS) is 11.5. The Kier molecular flexibility index (Phi) is 6.35. The number of nitrogens with one attached hydrogen (secondary N) is 3. The summed E-state index contributed by atoms with van der Waals surface area (Å²) in [6, 6.07) is 6.74. The molecule has 104 valence electrons. The predicted molar refractivity (Wildman–Crippen MR) is 77.7 cm³/mol. The molecule has 5 nitrogen and oxygen atoms in total. The van der Waals surface area contributed by atoms with Crippen molar-refractivity contribution in [1.29, 1.82) is 0 Å². The van der Waals surface area contributed by atoms with Crippen molar-refractivity contribution in [2.45, 2.75) is 26.4 Å². The van der Waals surface area contributed by atoms with E-state index in [0.29, 0.717) is 13.1 Å².